The zero-order valence-corrected chi connectivity index (χ0v) is 18.5. The van der Waals surface area contributed by atoms with Crippen LogP contribution in [0.5, 0.6) is 0 Å². The number of rotatable bonds is 7. The minimum atomic E-state index is -4.18. The first kappa shape index (κ1) is 24.0. The van der Waals surface area contributed by atoms with E-state index in [1.165, 1.54) is 0 Å². The summed E-state index contributed by atoms with van der Waals surface area (Å²) in [4.78, 5) is 18.4. The summed E-state index contributed by atoms with van der Waals surface area (Å²) in [6.45, 7) is 6.82. The Hall–Kier alpha value is -2.68. The Morgan fingerprint density at radius 2 is 2.16 bits per heavy atom. The van der Waals surface area contributed by atoms with Gasteiger partial charge in [0, 0.05) is 37.8 Å². The highest BCUT2D eigenvalue weighted by molar-refractivity contribution is 6.44. The molecular weight excluding hydrogens is 419 g/mol. The lowest BCUT2D eigenvalue weighted by Crippen LogP contribution is -2.42. The molecule has 0 spiro atoms. The smallest absolute Gasteiger partial charge is 0.364 e. The molecule has 3 unspecified atom stereocenters. The number of alkyl halides is 3. The first-order chi connectivity index (χ1) is 15.1. The number of allylic oxidation sites excluding steroid dienone is 2. The van der Waals surface area contributed by atoms with Crippen LogP contribution in [-0.4, -0.2) is 58.2 Å². The van der Waals surface area contributed by atoms with Crippen LogP contribution in [0.15, 0.2) is 47.8 Å². The summed E-state index contributed by atoms with van der Waals surface area (Å²) in [5, 5.41) is 4.21. The molecule has 3 heterocycles. The standard InChI is InChI=1S/C23H30F3N5O/c1-4-6-16(12-31-8-5-7-18(14-31)23(24,25)26)9-20-15(2)19(10-21(29-20)22(27)32)17-11-28-30(3)13-17/h4,6,10-11,13,15,18,20H,1,5,7-9,12,14H2,2-3H3,(H2,27,32)/b16-6+. The summed E-state index contributed by atoms with van der Waals surface area (Å²) in [6, 6.07) is -0.271. The molecule has 1 saturated heterocycles. The second-order valence-corrected chi connectivity index (χ2v) is 8.62. The van der Waals surface area contributed by atoms with E-state index in [1.807, 2.05) is 31.1 Å². The van der Waals surface area contributed by atoms with Gasteiger partial charge < -0.3 is 5.73 Å². The van der Waals surface area contributed by atoms with Gasteiger partial charge in [-0.15, -0.1) is 0 Å². The van der Waals surface area contributed by atoms with Gasteiger partial charge in [-0.25, -0.2) is 0 Å². The molecule has 2 aliphatic rings. The molecule has 9 heteroatoms. The van der Waals surface area contributed by atoms with E-state index in [1.54, 1.807) is 23.0 Å². The Morgan fingerprint density at radius 3 is 2.75 bits per heavy atom. The lowest BCUT2D eigenvalue weighted by Gasteiger charge is -2.35. The van der Waals surface area contributed by atoms with Crippen LogP contribution in [0.4, 0.5) is 13.2 Å². The highest BCUT2D eigenvalue weighted by Crippen LogP contribution is 2.35. The van der Waals surface area contributed by atoms with E-state index < -0.39 is 18.0 Å². The van der Waals surface area contributed by atoms with Crippen LogP contribution in [0, 0.1) is 11.8 Å². The topological polar surface area (TPSA) is 76.5 Å². The number of nitrogens with zero attached hydrogens (tertiary/aromatic N) is 4. The number of likely N-dealkylation sites (tertiary alicyclic amines) is 1. The number of hydrogen-bond donors (Lipinski definition) is 1. The van der Waals surface area contributed by atoms with Gasteiger partial charge in [0.2, 0.25) is 0 Å². The normalized spacial score (nSPS) is 25.3. The molecule has 1 fully saturated rings. The Balaban J connectivity index is 1.79. The summed E-state index contributed by atoms with van der Waals surface area (Å²) in [6.07, 6.45) is 5.79. The molecule has 1 amide bonds. The first-order valence-corrected chi connectivity index (χ1v) is 10.8. The van der Waals surface area contributed by atoms with E-state index in [4.69, 9.17) is 5.73 Å². The van der Waals surface area contributed by atoms with E-state index in [0.29, 0.717) is 25.9 Å². The van der Waals surface area contributed by atoms with Crippen molar-refractivity contribution in [2.75, 3.05) is 19.6 Å². The third-order valence-electron chi connectivity index (χ3n) is 6.18. The molecule has 3 atom stereocenters. The number of aromatic nitrogens is 2. The monoisotopic (exact) mass is 449 g/mol. The fraction of sp³-hybridized carbons (Fsp3) is 0.522. The van der Waals surface area contributed by atoms with Crippen LogP contribution < -0.4 is 5.73 Å². The third kappa shape index (κ3) is 5.76. The molecule has 32 heavy (non-hydrogen) atoms. The summed E-state index contributed by atoms with van der Waals surface area (Å²) in [5.74, 6) is -1.93. The highest BCUT2D eigenvalue weighted by Gasteiger charge is 2.41. The Bertz CT molecular complexity index is 944. The lowest BCUT2D eigenvalue weighted by molar-refractivity contribution is -0.186. The Labute approximate surface area is 186 Å². The van der Waals surface area contributed by atoms with Gasteiger partial charge in [0.05, 0.1) is 18.2 Å². The number of amides is 1. The number of nitrogens with two attached hydrogens (primary N) is 1. The van der Waals surface area contributed by atoms with Gasteiger partial charge in [-0.3, -0.25) is 19.4 Å². The van der Waals surface area contributed by atoms with Crippen LogP contribution in [0.1, 0.15) is 31.7 Å². The van der Waals surface area contributed by atoms with Crippen LogP contribution in [0.2, 0.25) is 0 Å². The predicted molar refractivity (Wildman–Crippen MR) is 119 cm³/mol. The lowest BCUT2D eigenvalue weighted by atomic mass is 9.83. The van der Waals surface area contributed by atoms with Crippen molar-refractivity contribution in [3.63, 3.8) is 0 Å². The number of carbonyl (C=O) groups is 1. The van der Waals surface area contributed by atoms with E-state index in [2.05, 4.69) is 16.7 Å². The van der Waals surface area contributed by atoms with Gasteiger partial charge in [-0.2, -0.15) is 18.3 Å². The van der Waals surface area contributed by atoms with Gasteiger partial charge in [-0.1, -0.05) is 31.2 Å². The minimum Gasteiger partial charge on any atom is -0.364 e. The van der Waals surface area contributed by atoms with E-state index in [0.717, 1.165) is 16.7 Å². The summed E-state index contributed by atoms with van der Waals surface area (Å²) < 4.78 is 41.3. The van der Waals surface area contributed by atoms with Crippen molar-refractivity contribution in [3.05, 3.63) is 48.3 Å². The minimum absolute atomic E-state index is 0.00511. The molecule has 1 aromatic heterocycles. The molecule has 0 aliphatic carbocycles. The van der Waals surface area contributed by atoms with E-state index in [9.17, 15) is 18.0 Å². The van der Waals surface area contributed by atoms with Crippen LogP contribution >= 0.6 is 0 Å². The molecule has 3 rings (SSSR count). The SMILES string of the molecule is C=C/C=C(\CC1N=C(C(N)=O)C=C(c2cnn(C)c2)C1C)CN1CCCC(C(F)(F)F)C1. The number of halogens is 3. The summed E-state index contributed by atoms with van der Waals surface area (Å²) in [7, 11) is 1.82. The third-order valence-corrected chi connectivity index (χ3v) is 6.18. The van der Waals surface area contributed by atoms with Gasteiger partial charge in [0.15, 0.2) is 0 Å². The number of dihydropyridines is 1. The number of aliphatic imine (C=N–C) groups is 1. The molecule has 0 aromatic carbocycles. The molecular formula is C23H30F3N5O. The predicted octanol–water partition coefficient (Wildman–Crippen LogP) is 3.52. The maximum atomic E-state index is 13.2. The molecule has 2 N–H and O–H groups in total. The average molecular weight is 450 g/mol. The van der Waals surface area contributed by atoms with Gasteiger partial charge in [-0.05, 0) is 37.5 Å². The second-order valence-electron chi connectivity index (χ2n) is 8.62. The maximum Gasteiger partial charge on any atom is 0.393 e. The fourth-order valence-corrected chi connectivity index (χ4v) is 4.46. The number of primary amides is 1. The molecule has 0 bridgehead atoms. The van der Waals surface area contributed by atoms with Crippen molar-refractivity contribution >= 4 is 17.2 Å². The van der Waals surface area contributed by atoms with Crippen molar-refractivity contribution in [1.82, 2.24) is 14.7 Å². The van der Waals surface area contributed by atoms with Crippen LogP contribution in [-0.2, 0) is 11.8 Å². The molecule has 174 valence electrons. The summed E-state index contributed by atoms with van der Waals surface area (Å²) in [5.41, 5.74) is 8.46. The van der Waals surface area contributed by atoms with Crippen LogP contribution in [0.3, 0.4) is 0 Å². The Kier molecular flexibility index (Phi) is 7.38. The Morgan fingerprint density at radius 1 is 1.41 bits per heavy atom. The van der Waals surface area contributed by atoms with Crippen molar-refractivity contribution in [1.29, 1.82) is 0 Å². The van der Waals surface area contributed by atoms with Gasteiger partial charge >= 0.3 is 6.18 Å². The average Bonchev–Trinajstić information content (AvgIpc) is 3.15. The van der Waals surface area contributed by atoms with Crippen molar-refractivity contribution in [3.8, 4) is 0 Å². The quantitative estimate of drug-likeness (QED) is 0.647. The van der Waals surface area contributed by atoms with Crippen molar-refractivity contribution in [2.45, 2.75) is 38.4 Å². The molecule has 0 saturated carbocycles. The molecule has 1 aromatic rings. The highest BCUT2D eigenvalue weighted by atomic mass is 19.4. The zero-order valence-electron chi connectivity index (χ0n) is 18.5. The van der Waals surface area contributed by atoms with Gasteiger partial charge in [0.1, 0.15) is 5.71 Å². The number of piperidine rings is 1. The second kappa shape index (κ2) is 9.85. The first-order valence-electron chi connectivity index (χ1n) is 10.8. The largest absolute Gasteiger partial charge is 0.393 e. The van der Waals surface area contributed by atoms with E-state index in [-0.39, 0.29) is 30.6 Å². The number of hydrogen-bond acceptors (Lipinski definition) is 4. The van der Waals surface area contributed by atoms with Crippen molar-refractivity contribution in [2.24, 2.45) is 29.6 Å². The summed E-state index contributed by atoms with van der Waals surface area (Å²) >= 11 is 0. The number of carbonyl (C=O) groups excluding carboxylic acids is 1. The number of aryl methyl sites for hydroxylation is 1. The van der Waals surface area contributed by atoms with Gasteiger partial charge in [0.25, 0.3) is 5.91 Å². The maximum absolute atomic E-state index is 13.2. The zero-order chi connectivity index (χ0) is 23.5. The van der Waals surface area contributed by atoms with E-state index >= 15 is 0 Å². The van der Waals surface area contributed by atoms with Crippen LogP contribution in [0.25, 0.3) is 5.57 Å². The molecule has 2 aliphatic heterocycles. The molecule has 6 nitrogen and oxygen atoms in total. The molecule has 0 radical (unpaired) electrons. The fourth-order valence-electron chi connectivity index (χ4n) is 4.46. The van der Waals surface area contributed by atoms with Crippen molar-refractivity contribution < 1.29 is 18.0 Å².